The van der Waals surface area contributed by atoms with Crippen LogP contribution in [0, 0.1) is 0 Å². The molecule has 21 heavy (non-hydrogen) atoms. The minimum Gasteiger partial charge on any atom is -0.394 e. The van der Waals surface area contributed by atoms with Crippen molar-refractivity contribution in [1.29, 1.82) is 0 Å². The summed E-state index contributed by atoms with van der Waals surface area (Å²) in [7, 11) is 0. The lowest BCUT2D eigenvalue weighted by Crippen LogP contribution is -2.16. The Bertz CT molecular complexity index is 616. The Morgan fingerprint density at radius 3 is 2.43 bits per heavy atom. The summed E-state index contributed by atoms with van der Waals surface area (Å²) in [6.07, 6.45) is -4.41. The van der Waals surface area contributed by atoms with Gasteiger partial charge in [-0.15, -0.1) is 0 Å². The fourth-order valence-corrected chi connectivity index (χ4v) is 2.14. The lowest BCUT2D eigenvalue weighted by molar-refractivity contribution is -0.137. The monoisotopic (exact) mass is 315 g/mol. The summed E-state index contributed by atoms with van der Waals surface area (Å²) in [6, 6.07) is 11.0. The maximum atomic E-state index is 12.7. The van der Waals surface area contributed by atoms with Gasteiger partial charge in [0.25, 0.3) is 0 Å². The Morgan fingerprint density at radius 1 is 1.10 bits per heavy atom. The Labute approximate surface area is 125 Å². The molecule has 0 fully saturated rings. The van der Waals surface area contributed by atoms with Gasteiger partial charge in [0.15, 0.2) is 0 Å². The molecular weight excluding hydrogens is 303 g/mol. The highest BCUT2D eigenvalue weighted by atomic mass is 35.5. The van der Waals surface area contributed by atoms with E-state index >= 15 is 0 Å². The Kier molecular flexibility index (Phi) is 4.75. The van der Waals surface area contributed by atoms with E-state index in [0.29, 0.717) is 16.3 Å². The summed E-state index contributed by atoms with van der Waals surface area (Å²) >= 11 is 5.85. The van der Waals surface area contributed by atoms with Crippen molar-refractivity contribution in [2.75, 3.05) is 11.9 Å². The van der Waals surface area contributed by atoms with Crippen LogP contribution in [0.25, 0.3) is 0 Å². The molecule has 1 unspecified atom stereocenters. The van der Waals surface area contributed by atoms with E-state index in [-0.39, 0.29) is 6.61 Å². The maximum Gasteiger partial charge on any atom is 0.416 e. The van der Waals surface area contributed by atoms with Gasteiger partial charge in [-0.1, -0.05) is 29.8 Å². The molecule has 2 aromatic rings. The molecule has 2 N–H and O–H groups in total. The van der Waals surface area contributed by atoms with Crippen LogP contribution in [0.4, 0.5) is 18.9 Å². The zero-order valence-corrected chi connectivity index (χ0v) is 11.6. The molecular formula is C15H13ClF3NO. The maximum absolute atomic E-state index is 12.7. The van der Waals surface area contributed by atoms with Crippen molar-refractivity contribution in [2.24, 2.45) is 0 Å². The average molecular weight is 316 g/mol. The molecule has 0 bridgehead atoms. The third-order valence-corrected chi connectivity index (χ3v) is 3.20. The van der Waals surface area contributed by atoms with E-state index in [2.05, 4.69) is 5.32 Å². The molecule has 0 saturated heterocycles. The predicted molar refractivity (Wildman–Crippen MR) is 76.3 cm³/mol. The highest BCUT2D eigenvalue weighted by Gasteiger charge is 2.30. The summed E-state index contributed by atoms with van der Waals surface area (Å²) in [5.41, 5.74) is 0.234. The summed E-state index contributed by atoms with van der Waals surface area (Å²) in [5.74, 6) is 0. The molecule has 0 spiro atoms. The molecule has 0 saturated carbocycles. The number of alkyl halides is 3. The molecule has 6 heteroatoms. The van der Waals surface area contributed by atoms with E-state index in [4.69, 9.17) is 11.6 Å². The minimum atomic E-state index is -4.41. The number of aliphatic hydroxyl groups is 1. The minimum absolute atomic E-state index is 0.339. The van der Waals surface area contributed by atoms with Gasteiger partial charge in [-0.05, 0) is 35.9 Å². The van der Waals surface area contributed by atoms with Crippen LogP contribution in [0.1, 0.15) is 17.2 Å². The number of rotatable bonds is 4. The lowest BCUT2D eigenvalue weighted by atomic mass is 10.0. The van der Waals surface area contributed by atoms with Crippen molar-refractivity contribution in [3.63, 3.8) is 0 Å². The SMILES string of the molecule is OCC(Nc1cccc(Cl)c1)c1cccc(C(F)(F)F)c1. The van der Waals surface area contributed by atoms with Gasteiger partial charge in [-0.2, -0.15) is 13.2 Å². The Hall–Kier alpha value is -1.72. The van der Waals surface area contributed by atoms with E-state index in [0.717, 1.165) is 12.1 Å². The number of halogens is 4. The molecule has 2 nitrogen and oxygen atoms in total. The summed E-state index contributed by atoms with van der Waals surface area (Å²) in [5, 5.41) is 12.9. The van der Waals surface area contributed by atoms with Gasteiger partial charge in [0, 0.05) is 10.7 Å². The lowest BCUT2D eigenvalue weighted by Gasteiger charge is -2.19. The zero-order chi connectivity index (χ0) is 15.5. The molecule has 0 aromatic heterocycles. The van der Waals surface area contributed by atoms with Crippen LogP contribution in [0.5, 0.6) is 0 Å². The van der Waals surface area contributed by atoms with Crippen molar-refractivity contribution in [2.45, 2.75) is 12.2 Å². The fraction of sp³-hybridized carbons (Fsp3) is 0.200. The number of hydrogen-bond donors (Lipinski definition) is 2. The van der Waals surface area contributed by atoms with E-state index in [1.165, 1.54) is 12.1 Å². The first-order chi connectivity index (χ1) is 9.90. The fourth-order valence-electron chi connectivity index (χ4n) is 1.95. The molecule has 2 aromatic carbocycles. The van der Waals surface area contributed by atoms with Crippen LogP contribution in [-0.4, -0.2) is 11.7 Å². The quantitative estimate of drug-likeness (QED) is 0.870. The topological polar surface area (TPSA) is 32.3 Å². The highest BCUT2D eigenvalue weighted by molar-refractivity contribution is 6.30. The third kappa shape index (κ3) is 4.12. The number of benzene rings is 2. The number of anilines is 1. The molecule has 0 aliphatic rings. The molecule has 2 rings (SSSR count). The first-order valence-corrected chi connectivity index (χ1v) is 6.58. The highest BCUT2D eigenvalue weighted by Crippen LogP contribution is 2.31. The molecule has 112 valence electrons. The summed E-state index contributed by atoms with van der Waals surface area (Å²) in [4.78, 5) is 0. The number of aliphatic hydroxyl groups excluding tert-OH is 1. The second-order valence-corrected chi connectivity index (χ2v) is 4.95. The van der Waals surface area contributed by atoms with Crippen LogP contribution in [-0.2, 0) is 6.18 Å². The van der Waals surface area contributed by atoms with E-state index in [1.54, 1.807) is 24.3 Å². The normalized spacial score (nSPS) is 13.0. The van der Waals surface area contributed by atoms with E-state index < -0.39 is 17.8 Å². The van der Waals surface area contributed by atoms with Gasteiger partial charge in [0.2, 0.25) is 0 Å². The molecule has 1 atom stereocenters. The average Bonchev–Trinajstić information content (AvgIpc) is 2.44. The summed E-state index contributed by atoms with van der Waals surface area (Å²) in [6.45, 7) is -0.339. The standard InChI is InChI=1S/C15H13ClF3NO/c16-12-5-2-6-13(8-12)20-14(9-21)10-3-1-4-11(7-10)15(17,18)19/h1-8,14,20-21H,9H2. The molecule has 0 aliphatic carbocycles. The first kappa shape index (κ1) is 15.7. The zero-order valence-electron chi connectivity index (χ0n) is 10.9. The molecule has 0 radical (unpaired) electrons. The largest absolute Gasteiger partial charge is 0.416 e. The second-order valence-electron chi connectivity index (χ2n) is 4.51. The first-order valence-electron chi connectivity index (χ1n) is 6.20. The van der Waals surface area contributed by atoms with Gasteiger partial charge in [-0.3, -0.25) is 0 Å². The van der Waals surface area contributed by atoms with E-state index in [9.17, 15) is 18.3 Å². The second kappa shape index (κ2) is 6.37. The Balaban J connectivity index is 2.25. The van der Waals surface area contributed by atoms with Crippen molar-refractivity contribution in [3.05, 3.63) is 64.7 Å². The molecule has 0 heterocycles. The molecule has 0 amide bonds. The van der Waals surface area contributed by atoms with Crippen molar-refractivity contribution >= 4 is 17.3 Å². The molecule has 0 aliphatic heterocycles. The number of nitrogens with one attached hydrogen (secondary N) is 1. The Morgan fingerprint density at radius 2 is 1.81 bits per heavy atom. The number of hydrogen-bond acceptors (Lipinski definition) is 2. The van der Waals surface area contributed by atoms with Gasteiger partial charge >= 0.3 is 6.18 Å². The van der Waals surface area contributed by atoms with Crippen LogP contribution in [0.2, 0.25) is 5.02 Å². The van der Waals surface area contributed by atoms with E-state index in [1.807, 2.05) is 0 Å². The smallest absolute Gasteiger partial charge is 0.394 e. The van der Waals surface area contributed by atoms with Gasteiger partial charge in [0.05, 0.1) is 18.2 Å². The van der Waals surface area contributed by atoms with Crippen LogP contribution >= 0.6 is 11.6 Å². The van der Waals surface area contributed by atoms with Crippen molar-refractivity contribution in [1.82, 2.24) is 0 Å². The predicted octanol–water partition coefficient (Wildman–Crippen LogP) is 4.50. The van der Waals surface area contributed by atoms with Gasteiger partial charge in [-0.25, -0.2) is 0 Å². The van der Waals surface area contributed by atoms with Crippen LogP contribution < -0.4 is 5.32 Å². The van der Waals surface area contributed by atoms with Crippen LogP contribution in [0.3, 0.4) is 0 Å². The van der Waals surface area contributed by atoms with Crippen LogP contribution in [0.15, 0.2) is 48.5 Å². The summed E-state index contributed by atoms with van der Waals surface area (Å²) < 4.78 is 38.1. The van der Waals surface area contributed by atoms with Crippen molar-refractivity contribution < 1.29 is 18.3 Å². The van der Waals surface area contributed by atoms with Crippen molar-refractivity contribution in [3.8, 4) is 0 Å². The van der Waals surface area contributed by atoms with Gasteiger partial charge < -0.3 is 10.4 Å². The third-order valence-electron chi connectivity index (χ3n) is 2.96. The van der Waals surface area contributed by atoms with Gasteiger partial charge in [0.1, 0.15) is 0 Å².